The number of Topliss-reactive ketones (excluding diaryl/α,β-unsaturated/α-hetero) is 1. The summed E-state index contributed by atoms with van der Waals surface area (Å²) >= 11 is 5.48. The van der Waals surface area contributed by atoms with Gasteiger partial charge in [-0.2, -0.15) is 13.2 Å². The van der Waals surface area contributed by atoms with Crippen molar-refractivity contribution in [2.75, 3.05) is 0 Å². The summed E-state index contributed by atoms with van der Waals surface area (Å²) in [6.45, 7) is 1.26. The van der Waals surface area contributed by atoms with Crippen molar-refractivity contribution in [2.45, 2.75) is 19.1 Å². The lowest BCUT2D eigenvalue weighted by molar-refractivity contribution is -0.137. The number of ketones is 1. The van der Waals surface area contributed by atoms with E-state index in [4.69, 9.17) is 17.3 Å². The summed E-state index contributed by atoms with van der Waals surface area (Å²) in [6, 6.07) is 2.09. The highest BCUT2D eigenvalue weighted by atomic mass is 35.5. The quantitative estimate of drug-likeness (QED) is 0.878. The summed E-state index contributed by atoms with van der Waals surface area (Å²) < 4.78 is 37.1. The Bertz CT molecular complexity index is 417. The average molecular weight is 252 g/mol. The summed E-state index contributed by atoms with van der Waals surface area (Å²) in [6.07, 6.45) is -4.50. The molecule has 16 heavy (non-hydrogen) atoms. The number of alkyl halides is 3. The Labute approximate surface area is 95.2 Å². The third-order valence-electron chi connectivity index (χ3n) is 2.10. The molecule has 2 N–H and O–H groups in total. The maximum atomic E-state index is 12.4. The number of carbonyl (C=O) groups excluding carboxylic acids is 1. The van der Waals surface area contributed by atoms with E-state index in [9.17, 15) is 18.0 Å². The van der Waals surface area contributed by atoms with E-state index in [1.54, 1.807) is 0 Å². The van der Waals surface area contributed by atoms with Crippen LogP contribution in [0.2, 0.25) is 5.02 Å². The standard InChI is InChI=1S/C10H9ClF3NO/c1-5(16)9(15)6-2-3-7(8(11)4-6)10(12,13)14/h2-4,9H,15H2,1H3. The van der Waals surface area contributed by atoms with Crippen molar-refractivity contribution in [2.24, 2.45) is 5.73 Å². The van der Waals surface area contributed by atoms with Gasteiger partial charge >= 0.3 is 6.18 Å². The monoisotopic (exact) mass is 251 g/mol. The van der Waals surface area contributed by atoms with Gasteiger partial charge in [-0.1, -0.05) is 17.7 Å². The molecule has 1 aromatic carbocycles. The maximum Gasteiger partial charge on any atom is 0.417 e. The van der Waals surface area contributed by atoms with Crippen LogP contribution in [0.25, 0.3) is 0 Å². The van der Waals surface area contributed by atoms with Crippen molar-refractivity contribution in [1.29, 1.82) is 0 Å². The van der Waals surface area contributed by atoms with Crippen LogP contribution in [-0.2, 0) is 11.0 Å². The van der Waals surface area contributed by atoms with E-state index in [0.29, 0.717) is 0 Å². The lowest BCUT2D eigenvalue weighted by Gasteiger charge is -2.12. The number of hydrogen-bond acceptors (Lipinski definition) is 2. The molecule has 0 heterocycles. The van der Waals surface area contributed by atoms with Crippen molar-refractivity contribution < 1.29 is 18.0 Å². The predicted octanol–water partition coefficient (Wildman–Crippen LogP) is 2.95. The number of rotatable bonds is 2. The fourth-order valence-corrected chi connectivity index (χ4v) is 1.49. The van der Waals surface area contributed by atoms with Gasteiger partial charge in [0.05, 0.1) is 16.6 Å². The first-order chi connectivity index (χ1) is 7.23. The smallest absolute Gasteiger partial charge is 0.318 e. The van der Waals surface area contributed by atoms with Gasteiger partial charge in [0.25, 0.3) is 0 Å². The SMILES string of the molecule is CC(=O)C(N)c1ccc(C(F)(F)F)c(Cl)c1. The van der Waals surface area contributed by atoms with Crippen LogP contribution in [0.3, 0.4) is 0 Å². The van der Waals surface area contributed by atoms with Gasteiger partial charge in [0.15, 0.2) is 5.78 Å². The van der Waals surface area contributed by atoms with Crippen molar-refractivity contribution >= 4 is 17.4 Å². The van der Waals surface area contributed by atoms with Gasteiger partial charge in [-0.05, 0) is 24.6 Å². The molecular formula is C10H9ClF3NO. The minimum atomic E-state index is -4.50. The first-order valence-corrected chi connectivity index (χ1v) is 4.74. The Morgan fingerprint density at radius 2 is 2.00 bits per heavy atom. The molecule has 1 unspecified atom stereocenters. The minimum absolute atomic E-state index is 0.269. The van der Waals surface area contributed by atoms with E-state index in [1.807, 2.05) is 0 Å². The average Bonchev–Trinajstić information content (AvgIpc) is 2.14. The number of hydrogen-bond donors (Lipinski definition) is 1. The lowest BCUT2D eigenvalue weighted by atomic mass is 10.0. The normalized spacial score (nSPS) is 13.6. The van der Waals surface area contributed by atoms with Crippen LogP contribution in [0.5, 0.6) is 0 Å². The molecule has 0 amide bonds. The first-order valence-electron chi connectivity index (χ1n) is 4.36. The summed E-state index contributed by atoms with van der Waals surface area (Å²) in [5.41, 5.74) is 4.81. The zero-order valence-corrected chi connectivity index (χ0v) is 9.06. The van der Waals surface area contributed by atoms with E-state index in [-0.39, 0.29) is 11.3 Å². The Hall–Kier alpha value is -1.07. The second kappa shape index (κ2) is 4.43. The third kappa shape index (κ3) is 2.74. The second-order valence-corrected chi connectivity index (χ2v) is 3.73. The van der Waals surface area contributed by atoms with E-state index in [1.165, 1.54) is 6.92 Å². The molecular weight excluding hydrogens is 243 g/mol. The largest absolute Gasteiger partial charge is 0.417 e. The molecule has 1 aromatic rings. The van der Waals surface area contributed by atoms with E-state index < -0.39 is 22.8 Å². The Morgan fingerprint density at radius 1 is 1.44 bits per heavy atom. The molecule has 1 rings (SSSR count). The van der Waals surface area contributed by atoms with Gasteiger partial charge in [0.1, 0.15) is 0 Å². The van der Waals surface area contributed by atoms with Gasteiger partial charge < -0.3 is 5.73 Å². The summed E-state index contributed by atoms with van der Waals surface area (Å²) in [4.78, 5) is 10.9. The number of carbonyl (C=O) groups is 1. The van der Waals surface area contributed by atoms with Crippen molar-refractivity contribution in [1.82, 2.24) is 0 Å². The van der Waals surface area contributed by atoms with E-state index in [0.717, 1.165) is 18.2 Å². The fourth-order valence-electron chi connectivity index (χ4n) is 1.19. The van der Waals surface area contributed by atoms with Crippen LogP contribution in [0.15, 0.2) is 18.2 Å². The molecule has 0 aliphatic heterocycles. The Morgan fingerprint density at radius 3 is 2.38 bits per heavy atom. The van der Waals surface area contributed by atoms with Gasteiger partial charge in [-0.25, -0.2) is 0 Å². The second-order valence-electron chi connectivity index (χ2n) is 3.33. The van der Waals surface area contributed by atoms with Crippen molar-refractivity contribution in [3.8, 4) is 0 Å². The van der Waals surface area contributed by atoms with Gasteiger partial charge in [0, 0.05) is 0 Å². The zero-order valence-electron chi connectivity index (χ0n) is 8.31. The van der Waals surface area contributed by atoms with Gasteiger partial charge in [-0.15, -0.1) is 0 Å². The van der Waals surface area contributed by atoms with Crippen LogP contribution in [0, 0.1) is 0 Å². The highest BCUT2D eigenvalue weighted by Gasteiger charge is 2.33. The number of halogens is 4. The van der Waals surface area contributed by atoms with Crippen LogP contribution >= 0.6 is 11.6 Å². The van der Waals surface area contributed by atoms with E-state index in [2.05, 4.69) is 0 Å². The molecule has 0 radical (unpaired) electrons. The molecule has 0 spiro atoms. The van der Waals surface area contributed by atoms with Crippen LogP contribution in [0.4, 0.5) is 13.2 Å². The molecule has 0 bridgehead atoms. The zero-order chi connectivity index (χ0) is 12.5. The Kier molecular flexibility index (Phi) is 3.60. The molecule has 2 nitrogen and oxygen atoms in total. The van der Waals surface area contributed by atoms with Crippen molar-refractivity contribution in [3.63, 3.8) is 0 Å². The highest BCUT2D eigenvalue weighted by Crippen LogP contribution is 2.35. The van der Waals surface area contributed by atoms with Crippen LogP contribution in [0.1, 0.15) is 24.1 Å². The minimum Gasteiger partial charge on any atom is -0.318 e. The Balaban J connectivity index is 3.14. The molecule has 6 heteroatoms. The number of nitrogens with two attached hydrogens (primary N) is 1. The molecule has 0 saturated carbocycles. The molecule has 0 aliphatic rings. The summed E-state index contributed by atoms with van der Waals surface area (Å²) in [5, 5.41) is -0.457. The molecule has 0 aromatic heterocycles. The fraction of sp³-hybridized carbons (Fsp3) is 0.300. The molecule has 0 fully saturated rings. The van der Waals surface area contributed by atoms with Crippen LogP contribution < -0.4 is 5.73 Å². The molecule has 88 valence electrons. The van der Waals surface area contributed by atoms with Crippen molar-refractivity contribution in [3.05, 3.63) is 34.3 Å². The third-order valence-corrected chi connectivity index (χ3v) is 2.41. The highest BCUT2D eigenvalue weighted by molar-refractivity contribution is 6.31. The molecule has 0 aliphatic carbocycles. The predicted molar refractivity (Wildman–Crippen MR) is 54.1 cm³/mol. The lowest BCUT2D eigenvalue weighted by Crippen LogP contribution is -2.19. The first kappa shape index (κ1) is 13.0. The topological polar surface area (TPSA) is 43.1 Å². The van der Waals surface area contributed by atoms with Gasteiger partial charge in [0.2, 0.25) is 0 Å². The summed E-state index contributed by atoms with van der Waals surface area (Å²) in [5.74, 6) is -0.337. The number of benzene rings is 1. The molecule has 0 saturated heterocycles. The van der Waals surface area contributed by atoms with Crippen LogP contribution in [-0.4, -0.2) is 5.78 Å². The maximum absolute atomic E-state index is 12.4. The van der Waals surface area contributed by atoms with E-state index >= 15 is 0 Å². The summed E-state index contributed by atoms with van der Waals surface area (Å²) in [7, 11) is 0. The molecule has 1 atom stereocenters. The van der Waals surface area contributed by atoms with Gasteiger partial charge in [-0.3, -0.25) is 4.79 Å².